The van der Waals surface area contributed by atoms with Crippen molar-refractivity contribution in [3.05, 3.63) is 107 Å². The van der Waals surface area contributed by atoms with Crippen LogP contribution < -0.4 is 0 Å². The van der Waals surface area contributed by atoms with Gasteiger partial charge in [-0.25, -0.2) is 4.79 Å². The lowest BCUT2D eigenvalue weighted by molar-refractivity contribution is 0.0692. The molecule has 0 fully saturated rings. The molecule has 0 saturated carbocycles. The smallest absolute Gasteiger partial charge is 0.338 e. The van der Waals surface area contributed by atoms with Gasteiger partial charge < -0.3 is 14.1 Å². The van der Waals surface area contributed by atoms with E-state index in [1.807, 2.05) is 48.7 Å². The topological polar surface area (TPSA) is 76.6 Å². The molecule has 0 aliphatic carbocycles. The molecule has 6 nitrogen and oxygen atoms in total. The van der Waals surface area contributed by atoms with Crippen molar-refractivity contribution < 1.29 is 14.7 Å². The summed E-state index contributed by atoms with van der Waals surface area (Å²) in [6, 6.07) is 18.9. The molecule has 0 unspecified atom stereocenters. The number of nitrogens with zero attached hydrogens (tertiary/aromatic N) is 3. The van der Waals surface area contributed by atoms with Gasteiger partial charge in [-0.3, -0.25) is 9.78 Å². The van der Waals surface area contributed by atoms with Crippen molar-refractivity contribution in [3.63, 3.8) is 0 Å². The molecule has 0 aliphatic heterocycles. The van der Waals surface area contributed by atoms with E-state index in [0.717, 1.165) is 23.1 Å². The average molecular weight is 440 g/mol. The lowest BCUT2D eigenvalue weighted by Gasteiger charge is -2.06. The van der Waals surface area contributed by atoms with Crippen molar-refractivity contribution in [2.45, 2.75) is 27.3 Å². The Morgan fingerprint density at radius 1 is 1.00 bits per heavy atom. The van der Waals surface area contributed by atoms with Crippen LogP contribution >= 0.6 is 0 Å². The first-order chi connectivity index (χ1) is 15.9. The molecule has 1 N–H and O–H groups in total. The molecular formula is C27H25N3O3. The van der Waals surface area contributed by atoms with Crippen LogP contribution in [0.1, 0.15) is 44.6 Å². The highest BCUT2D eigenvalue weighted by Gasteiger charge is 2.25. The average Bonchev–Trinajstić information content (AvgIpc) is 3.34. The van der Waals surface area contributed by atoms with Crippen molar-refractivity contribution >= 4 is 28.2 Å². The summed E-state index contributed by atoms with van der Waals surface area (Å²) in [4.78, 5) is 28.4. The molecule has 0 amide bonds. The summed E-state index contributed by atoms with van der Waals surface area (Å²) >= 11 is 0. The number of carbonyl (C=O) groups is 2. The molecule has 6 heteroatoms. The molecule has 4 aromatic heterocycles. The van der Waals surface area contributed by atoms with Crippen LogP contribution in [-0.2, 0) is 6.54 Å². The summed E-state index contributed by atoms with van der Waals surface area (Å²) in [6.45, 7) is 6.72. The minimum absolute atomic E-state index is 0.0258. The zero-order valence-electron chi connectivity index (χ0n) is 18.8. The van der Waals surface area contributed by atoms with Crippen molar-refractivity contribution in [3.8, 4) is 0 Å². The maximum absolute atomic E-state index is 13.0. The van der Waals surface area contributed by atoms with Gasteiger partial charge in [-0.1, -0.05) is 24.3 Å². The molecule has 5 rings (SSSR count). The molecule has 4 heterocycles. The molecule has 0 aliphatic rings. The van der Waals surface area contributed by atoms with Gasteiger partial charge in [0, 0.05) is 47.2 Å². The van der Waals surface area contributed by atoms with Gasteiger partial charge in [0.1, 0.15) is 5.69 Å². The molecule has 0 saturated heterocycles. The fourth-order valence-electron chi connectivity index (χ4n) is 4.20. The minimum atomic E-state index is -1.15. The Labute approximate surface area is 191 Å². The Morgan fingerprint density at radius 3 is 2.48 bits per heavy atom. The molecule has 0 spiro atoms. The van der Waals surface area contributed by atoms with Crippen LogP contribution in [0.5, 0.6) is 0 Å². The van der Waals surface area contributed by atoms with Gasteiger partial charge in [0.05, 0.1) is 11.1 Å². The van der Waals surface area contributed by atoms with E-state index in [1.54, 1.807) is 0 Å². The maximum atomic E-state index is 13.0. The largest absolute Gasteiger partial charge is 0.478 e. The summed E-state index contributed by atoms with van der Waals surface area (Å²) in [5.74, 6) is -1.51. The van der Waals surface area contributed by atoms with Crippen LogP contribution in [-0.4, -0.2) is 30.8 Å². The first-order valence-electron chi connectivity index (χ1n) is 10.8. The van der Waals surface area contributed by atoms with E-state index in [0.29, 0.717) is 5.56 Å². The number of para-hydroxylation sites is 1. The van der Waals surface area contributed by atoms with Gasteiger partial charge in [-0.05, 0) is 62.7 Å². The van der Waals surface area contributed by atoms with E-state index in [2.05, 4.69) is 46.9 Å². The highest BCUT2D eigenvalue weighted by atomic mass is 16.4. The van der Waals surface area contributed by atoms with E-state index in [9.17, 15) is 14.7 Å². The summed E-state index contributed by atoms with van der Waals surface area (Å²) in [5, 5.41) is 10.1. The number of rotatable bonds is 4. The predicted molar refractivity (Wildman–Crippen MR) is 129 cm³/mol. The number of aromatic nitrogens is 3. The Morgan fingerprint density at radius 2 is 1.76 bits per heavy atom. The number of aryl methyl sites for hydroxylation is 2. The van der Waals surface area contributed by atoms with Crippen molar-refractivity contribution in [2.75, 3.05) is 0 Å². The van der Waals surface area contributed by atoms with Gasteiger partial charge in [-0.15, -0.1) is 0 Å². The van der Waals surface area contributed by atoms with Gasteiger partial charge in [0.15, 0.2) is 0 Å². The fourth-order valence-corrected chi connectivity index (χ4v) is 4.20. The Kier molecular flexibility index (Phi) is 6.09. The molecule has 0 bridgehead atoms. The number of hydrogen-bond donors (Lipinski definition) is 1. The number of fused-ring (bicyclic) bond motifs is 2. The Hall–Kier alpha value is -4.19. The zero-order valence-corrected chi connectivity index (χ0v) is 18.8. The summed E-state index contributed by atoms with van der Waals surface area (Å²) in [6.07, 6.45) is 5.62. The number of hydrogen-bond acceptors (Lipinski definition) is 3. The second-order valence-electron chi connectivity index (χ2n) is 7.81. The minimum Gasteiger partial charge on any atom is -0.478 e. The number of carboxylic acids is 1. The predicted octanol–water partition coefficient (Wildman–Crippen LogP) is 5.54. The number of ketones is 1. The summed E-state index contributed by atoms with van der Waals surface area (Å²) in [7, 11) is 0. The van der Waals surface area contributed by atoms with Gasteiger partial charge in [0.25, 0.3) is 0 Å². The summed E-state index contributed by atoms with van der Waals surface area (Å²) in [5.41, 5.74) is 4.77. The van der Waals surface area contributed by atoms with Crippen LogP contribution in [0, 0.1) is 13.8 Å². The van der Waals surface area contributed by atoms with E-state index in [-0.39, 0.29) is 17.0 Å². The zero-order chi connectivity index (χ0) is 23.5. The first-order valence-corrected chi connectivity index (χ1v) is 10.8. The molecular weight excluding hydrogens is 414 g/mol. The van der Waals surface area contributed by atoms with Crippen LogP contribution in [0.15, 0.2) is 79.3 Å². The number of aromatic carboxylic acids is 1. The Balaban J connectivity index is 0.000000214. The van der Waals surface area contributed by atoms with Crippen molar-refractivity contribution in [1.29, 1.82) is 0 Å². The van der Waals surface area contributed by atoms with E-state index in [4.69, 9.17) is 0 Å². The van der Waals surface area contributed by atoms with Gasteiger partial charge in [-0.2, -0.15) is 0 Å². The maximum Gasteiger partial charge on any atom is 0.338 e. The molecule has 166 valence electrons. The molecule has 0 atom stereocenters. The molecule has 0 radical (unpaired) electrons. The third kappa shape index (κ3) is 4.15. The number of carbonyl (C=O) groups excluding carboxylic acids is 1. The Bertz CT molecular complexity index is 1440. The third-order valence-corrected chi connectivity index (χ3v) is 5.67. The number of pyridine rings is 2. The monoisotopic (exact) mass is 439 g/mol. The van der Waals surface area contributed by atoms with Crippen LogP contribution in [0.2, 0.25) is 0 Å². The third-order valence-electron chi connectivity index (χ3n) is 5.67. The molecule has 1 aromatic carbocycles. The lowest BCUT2D eigenvalue weighted by Crippen LogP contribution is -2.13. The van der Waals surface area contributed by atoms with Crippen LogP contribution in [0.25, 0.3) is 16.4 Å². The van der Waals surface area contributed by atoms with Gasteiger partial charge in [0.2, 0.25) is 5.78 Å². The first kappa shape index (κ1) is 22.0. The number of benzene rings is 1. The summed E-state index contributed by atoms with van der Waals surface area (Å²) < 4.78 is 4.17. The van der Waals surface area contributed by atoms with Crippen molar-refractivity contribution in [1.82, 2.24) is 14.0 Å². The fraction of sp³-hybridized carbons (Fsp3) is 0.148. The lowest BCUT2D eigenvalue weighted by atomic mass is 10.0. The highest BCUT2D eigenvalue weighted by Crippen LogP contribution is 2.28. The quantitative estimate of drug-likeness (QED) is 0.373. The molecule has 5 aromatic rings. The molecule has 33 heavy (non-hydrogen) atoms. The second kappa shape index (κ2) is 9.12. The van der Waals surface area contributed by atoms with E-state index >= 15 is 0 Å². The van der Waals surface area contributed by atoms with Gasteiger partial charge >= 0.3 is 5.97 Å². The SMILES string of the molecule is CCn1c(C)c(C(=O)c2ncccc2C(=O)O)c2ccccc21.Cc1cc2ccccn2c1. The van der Waals surface area contributed by atoms with Crippen LogP contribution in [0.3, 0.4) is 0 Å². The highest BCUT2D eigenvalue weighted by molar-refractivity contribution is 6.19. The number of carboxylic acid groups (broad SMARTS) is 1. The van der Waals surface area contributed by atoms with Crippen molar-refractivity contribution in [2.24, 2.45) is 0 Å². The standard InChI is InChI=1S/C18H16N2O3.C9H9N/c1-3-20-11(2)15(12-7-4-5-9-14(12)20)17(21)16-13(18(22)23)8-6-10-19-16;1-8-6-9-4-2-3-5-10(9)7-8/h4-10H,3H2,1-2H3,(H,22,23);2-7H,1H3. The normalized spacial score (nSPS) is 10.8. The van der Waals surface area contributed by atoms with E-state index < -0.39 is 5.97 Å². The second-order valence-corrected chi connectivity index (χ2v) is 7.81. The van der Waals surface area contributed by atoms with E-state index in [1.165, 1.54) is 29.4 Å². The van der Waals surface area contributed by atoms with Crippen LogP contribution in [0.4, 0.5) is 0 Å².